The normalized spacial score (nSPS) is 108. The Hall–Kier alpha value is 0. The molecule has 0 N–H and O–H groups in total. The molecule has 14 aliphatic carbocycles. The maximum atomic E-state index is 2.98. The molecule has 0 radical (unpaired) electrons. The third kappa shape index (κ3) is 0.438. The number of hydrogen-bond donors (Lipinski definition) is 0. The first-order chi connectivity index (χ1) is 15.0. The first kappa shape index (κ1) is 15.2. The third-order valence-electron chi connectivity index (χ3n) is 23.5. The van der Waals surface area contributed by atoms with Crippen LogP contribution in [-0.2, 0) is 0 Å². The molecular weight excluding hydrogens is 384 g/mol. The van der Waals surface area contributed by atoms with Gasteiger partial charge in [-0.2, -0.15) is 0 Å². The third-order valence-corrected chi connectivity index (χ3v) is 23.5. The maximum Gasteiger partial charge on any atom is -0.00567 e. The summed E-state index contributed by atoms with van der Waals surface area (Å²) < 4.78 is 0. The van der Waals surface area contributed by atoms with E-state index in [0.717, 1.165) is 56.2 Å². The summed E-state index contributed by atoms with van der Waals surface area (Å²) in [5, 5.41) is 0. The Labute approximate surface area is 192 Å². The van der Waals surface area contributed by atoms with Gasteiger partial charge in [0.25, 0.3) is 0 Å². The van der Waals surface area contributed by atoms with Crippen molar-refractivity contribution in [1.82, 2.24) is 0 Å². The SMILES string of the molecule is CC1C2CC3C4C5C6C7C8CC9C(C)C%10(C)C98C78C%10(C)C7(C)C9(C)C%10(C)C1(C)C23C4%10C59C678. The standard InChI is InChI=1S/C32H38/c1-11-13-9-15-17-19-20-18-16-10-14-12(2)22(4)24(6)26(8)25(7)23(5)21(11,3)27(13,15)29(17,23)31(19,25)32(20,26)30(18,24)28(14,16)22/h11-20H,9-10H2,1-8H3. The first-order valence-electron chi connectivity index (χ1n) is 15.0. The molecule has 0 bridgehead atoms. The van der Waals surface area contributed by atoms with Gasteiger partial charge in [0.2, 0.25) is 0 Å². The summed E-state index contributed by atoms with van der Waals surface area (Å²) in [5.74, 6) is 11.7. The molecule has 0 saturated heterocycles. The second kappa shape index (κ2) is 2.58. The quantitative estimate of drug-likeness (QED) is 0.441. The molecule has 6 spiro atoms. The zero-order valence-corrected chi connectivity index (χ0v) is 21.2. The van der Waals surface area contributed by atoms with Crippen LogP contribution < -0.4 is 0 Å². The van der Waals surface area contributed by atoms with Crippen LogP contribution >= 0.6 is 0 Å². The highest BCUT2D eigenvalue weighted by molar-refractivity contribution is 5.83. The molecule has 22 atom stereocenters. The Kier molecular flexibility index (Phi) is 1.22. The molecule has 166 valence electrons. The number of fused-ring (bicyclic) bond motifs is 10. The molecule has 0 aromatic rings. The zero-order valence-electron chi connectivity index (χ0n) is 21.2. The number of rotatable bonds is 0. The van der Waals surface area contributed by atoms with Gasteiger partial charge in [-0.15, -0.1) is 0 Å². The van der Waals surface area contributed by atoms with E-state index in [2.05, 4.69) is 55.4 Å². The van der Waals surface area contributed by atoms with Gasteiger partial charge in [0.1, 0.15) is 0 Å². The average molecular weight is 423 g/mol. The predicted molar refractivity (Wildman–Crippen MR) is 119 cm³/mol. The van der Waals surface area contributed by atoms with Gasteiger partial charge in [-0.1, -0.05) is 55.4 Å². The molecule has 0 aromatic carbocycles. The van der Waals surface area contributed by atoms with Crippen molar-refractivity contribution in [3.05, 3.63) is 0 Å². The van der Waals surface area contributed by atoms with Crippen LogP contribution in [0.1, 0.15) is 68.2 Å². The molecule has 0 nitrogen and oxygen atoms in total. The topological polar surface area (TPSA) is 0 Å². The second-order valence-corrected chi connectivity index (χ2v) is 18.5. The monoisotopic (exact) mass is 422 g/mol. The van der Waals surface area contributed by atoms with E-state index in [0.29, 0.717) is 32.5 Å². The summed E-state index contributed by atoms with van der Waals surface area (Å²) in [6, 6.07) is 0. The van der Waals surface area contributed by atoms with E-state index < -0.39 is 0 Å². The Morgan fingerprint density at radius 2 is 0.812 bits per heavy atom. The van der Waals surface area contributed by atoms with Crippen LogP contribution in [0.15, 0.2) is 0 Å². The molecule has 22 unspecified atom stereocenters. The fourth-order valence-corrected chi connectivity index (χ4v) is 25.7. The molecular formula is C32H38. The van der Waals surface area contributed by atoms with Crippen LogP contribution in [0.25, 0.3) is 0 Å². The molecule has 0 aliphatic heterocycles. The van der Waals surface area contributed by atoms with E-state index >= 15 is 0 Å². The number of hydrogen-bond acceptors (Lipinski definition) is 0. The van der Waals surface area contributed by atoms with E-state index in [4.69, 9.17) is 0 Å². The van der Waals surface area contributed by atoms with Gasteiger partial charge in [-0.3, -0.25) is 0 Å². The molecule has 14 saturated carbocycles. The summed E-state index contributed by atoms with van der Waals surface area (Å²) >= 11 is 0. The highest BCUT2D eigenvalue weighted by atomic mass is 15.4. The van der Waals surface area contributed by atoms with Crippen LogP contribution in [0.4, 0.5) is 0 Å². The summed E-state index contributed by atoms with van der Waals surface area (Å²) in [4.78, 5) is 0. The van der Waals surface area contributed by atoms with Crippen LogP contribution in [0.3, 0.4) is 0 Å². The van der Waals surface area contributed by atoms with Crippen molar-refractivity contribution >= 4 is 0 Å². The van der Waals surface area contributed by atoms with Gasteiger partial charge in [0, 0.05) is 0 Å². The van der Waals surface area contributed by atoms with Crippen LogP contribution in [0, 0.1) is 124 Å². The Balaban J connectivity index is 1.15. The minimum Gasteiger partial charge on any atom is -0.0617 e. The Morgan fingerprint density at radius 3 is 1.19 bits per heavy atom. The summed E-state index contributed by atoms with van der Waals surface area (Å²) in [5.41, 5.74) is 9.33. The fraction of sp³-hybridized carbons (Fsp3) is 1.00. The van der Waals surface area contributed by atoms with Gasteiger partial charge in [-0.05, 0) is 137 Å². The highest BCUT2D eigenvalue weighted by Crippen LogP contribution is 3.40. The van der Waals surface area contributed by atoms with E-state index in [1.165, 1.54) is 35.5 Å². The predicted octanol–water partition coefficient (Wildman–Crippen LogP) is 6.12. The smallest absolute Gasteiger partial charge is 0.00567 e. The van der Waals surface area contributed by atoms with Crippen LogP contribution in [-0.4, -0.2) is 0 Å². The molecule has 14 fully saturated rings. The minimum atomic E-state index is 0.666. The molecule has 32 heavy (non-hydrogen) atoms. The molecule has 0 amide bonds. The van der Waals surface area contributed by atoms with Gasteiger partial charge in [0.15, 0.2) is 0 Å². The lowest BCUT2D eigenvalue weighted by Gasteiger charge is -3.39. The van der Waals surface area contributed by atoms with Crippen molar-refractivity contribution in [3.63, 3.8) is 0 Å². The van der Waals surface area contributed by atoms with E-state index in [9.17, 15) is 0 Å². The maximum absolute atomic E-state index is 2.98. The molecule has 14 rings (SSSR count). The van der Waals surface area contributed by atoms with Crippen LogP contribution in [0.2, 0.25) is 0 Å². The molecule has 0 heterocycles. The Bertz CT molecular complexity index is 1230. The Morgan fingerprint density at radius 1 is 0.438 bits per heavy atom. The van der Waals surface area contributed by atoms with Crippen molar-refractivity contribution < 1.29 is 0 Å². The molecule has 14 aliphatic rings. The summed E-state index contributed by atoms with van der Waals surface area (Å²) in [6.45, 7) is 23.0. The lowest BCUT2D eigenvalue weighted by Crippen LogP contribution is -3.37. The van der Waals surface area contributed by atoms with Crippen molar-refractivity contribution in [2.75, 3.05) is 0 Å². The van der Waals surface area contributed by atoms with Crippen LogP contribution in [0.5, 0.6) is 0 Å². The zero-order chi connectivity index (χ0) is 21.2. The average Bonchev–Trinajstić information content (AvgIpc) is 2.72. The lowest BCUT2D eigenvalue weighted by molar-refractivity contribution is -0.940. The summed E-state index contributed by atoms with van der Waals surface area (Å²) in [6.07, 6.45) is 3.33. The first-order valence-corrected chi connectivity index (χ1v) is 15.0. The molecule has 0 aromatic heterocycles. The van der Waals surface area contributed by atoms with E-state index in [1.807, 2.05) is 0 Å². The fourth-order valence-electron chi connectivity index (χ4n) is 25.7. The van der Waals surface area contributed by atoms with Crippen molar-refractivity contribution in [2.45, 2.75) is 68.2 Å². The van der Waals surface area contributed by atoms with Crippen molar-refractivity contribution in [3.8, 4) is 0 Å². The van der Waals surface area contributed by atoms with Gasteiger partial charge < -0.3 is 0 Å². The van der Waals surface area contributed by atoms with E-state index in [1.54, 1.807) is 12.8 Å². The van der Waals surface area contributed by atoms with Gasteiger partial charge in [0.05, 0.1) is 0 Å². The van der Waals surface area contributed by atoms with Gasteiger partial charge >= 0.3 is 0 Å². The highest BCUT2D eigenvalue weighted by Gasteiger charge is 3.38. The van der Waals surface area contributed by atoms with Gasteiger partial charge in [-0.25, -0.2) is 0 Å². The second-order valence-electron chi connectivity index (χ2n) is 18.5. The minimum absolute atomic E-state index is 0.666. The summed E-state index contributed by atoms with van der Waals surface area (Å²) in [7, 11) is 0. The largest absolute Gasteiger partial charge is 0.0617 e. The van der Waals surface area contributed by atoms with E-state index in [-0.39, 0.29) is 0 Å². The molecule has 0 heteroatoms. The lowest BCUT2D eigenvalue weighted by atomic mass is 8.64. The van der Waals surface area contributed by atoms with Crippen molar-refractivity contribution in [1.29, 1.82) is 0 Å². The van der Waals surface area contributed by atoms with Crippen molar-refractivity contribution in [2.24, 2.45) is 124 Å².